The molecule has 4 heteroatoms. The molecule has 0 bridgehead atoms. The van der Waals surface area contributed by atoms with Crippen LogP contribution in [-0.2, 0) is 9.53 Å². The standard InChI is InChI=1S/C13H24N2O2/c1-2-17-13(16)6-3-10-7-11(14)9-15(8-10)12-4-5-12/h10-12H,2-9,14H2,1H3. The van der Waals surface area contributed by atoms with Crippen molar-refractivity contribution >= 4 is 5.97 Å². The molecule has 1 saturated heterocycles. The average molecular weight is 240 g/mol. The zero-order chi connectivity index (χ0) is 12.3. The van der Waals surface area contributed by atoms with Crippen molar-refractivity contribution in [2.75, 3.05) is 19.7 Å². The molecule has 2 atom stereocenters. The Labute approximate surface area is 103 Å². The molecule has 1 saturated carbocycles. The molecule has 0 aromatic heterocycles. The monoisotopic (exact) mass is 240 g/mol. The summed E-state index contributed by atoms with van der Waals surface area (Å²) in [6, 6.07) is 1.07. The van der Waals surface area contributed by atoms with Crippen LogP contribution in [0.5, 0.6) is 0 Å². The molecule has 1 heterocycles. The topological polar surface area (TPSA) is 55.6 Å². The molecule has 2 aliphatic rings. The first kappa shape index (κ1) is 12.8. The highest BCUT2D eigenvalue weighted by Gasteiger charge is 2.34. The molecule has 17 heavy (non-hydrogen) atoms. The molecule has 2 N–H and O–H groups in total. The van der Waals surface area contributed by atoms with Gasteiger partial charge in [-0.1, -0.05) is 0 Å². The number of likely N-dealkylation sites (tertiary alicyclic amines) is 1. The predicted molar refractivity (Wildman–Crippen MR) is 66.5 cm³/mol. The van der Waals surface area contributed by atoms with Gasteiger partial charge in [0.1, 0.15) is 0 Å². The van der Waals surface area contributed by atoms with Gasteiger partial charge in [0.05, 0.1) is 6.61 Å². The quantitative estimate of drug-likeness (QED) is 0.732. The minimum absolute atomic E-state index is 0.0652. The third-order valence-corrected chi connectivity index (χ3v) is 3.72. The summed E-state index contributed by atoms with van der Waals surface area (Å²) >= 11 is 0. The van der Waals surface area contributed by atoms with Crippen molar-refractivity contribution in [1.29, 1.82) is 0 Å². The summed E-state index contributed by atoms with van der Waals surface area (Å²) in [6.45, 7) is 4.50. The zero-order valence-electron chi connectivity index (χ0n) is 10.7. The smallest absolute Gasteiger partial charge is 0.305 e. The molecule has 0 radical (unpaired) electrons. The summed E-state index contributed by atoms with van der Waals surface area (Å²) in [6.07, 6.45) is 5.19. The van der Waals surface area contributed by atoms with Crippen molar-refractivity contribution in [3.8, 4) is 0 Å². The zero-order valence-corrected chi connectivity index (χ0v) is 10.7. The SMILES string of the molecule is CCOC(=O)CCC1CC(N)CN(C2CC2)C1. The van der Waals surface area contributed by atoms with Crippen molar-refractivity contribution in [3.05, 3.63) is 0 Å². The van der Waals surface area contributed by atoms with Gasteiger partial charge in [-0.2, -0.15) is 0 Å². The maximum atomic E-state index is 11.3. The summed E-state index contributed by atoms with van der Waals surface area (Å²) < 4.78 is 4.96. The Bertz CT molecular complexity index is 266. The average Bonchev–Trinajstić information content (AvgIpc) is 3.10. The number of hydrogen-bond acceptors (Lipinski definition) is 4. The maximum absolute atomic E-state index is 11.3. The molecule has 0 aromatic rings. The van der Waals surface area contributed by atoms with E-state index in [9.17, 15) is 4.79 Å². The largest absolute Gasteiger partial charge is 0.466 e. The Morgan fingerprint density at radius 2 is 2.18 bits per heavy atom. The van der Waals surface area contributed by atoms with E-state index in [1.54, 1.807) is 0 Å². The second kappa shape index (κ2) is 5.83. The van der Waals surface area contributed by atoms with Crippen LogP contribution >= 0.6 is 0 Å². The van der Waals surface area contributed by atoms with Gasteiger partial charge in [-0.15, -0.1) is 0 Å². The lowest BCUT2D eigenvalue weighted by molar-refractivity contribution is -0.143. The fraction of sp³-hybridized carbons (Fsp3) is 0.923. The molecule has 98 valence electrons. The van der Waals surface area contributed by atoms with Gasteiger partial charge < -0.3 is 10.5 Å². The highest BCUT2D eigenvalue weighted by molar-refractivity contribution is 5.69. The number of esters is 1. The Morgan fingerprint density at radius 1 is 1.41 bits per heavy atom. The van der Waals surface area contributed by atoms with E-state index >= 15 is 0 Å². The summed E-state index contributed by atoms with van der Waals surface area (Å²) in [5, 5.41) is 0. The van der Waals surface area contributed by atoms with Crippen LogP contribution in [0.25, 0.3) is 0 Å². The van der Waals surface area contributed by atoms with Crippen molar-refractivity contribution in [2.24, 2.45) is 11.7 Å². The van der Waals surface area contributed by atoms with Crippen molar-refractivity contribution in [1.82, 2.24) is 4.90 Å². The Kier molecular flexibility index (Phi) is 4.40. The molecule has 2 fully saturated rings. The van der Waals surface area contributed by atoms with Crippen molar-refractivity contribution in [3.63, 3.8) is 0 Å². The second-order valence-electron chi connectivity index (χ2n) is 5.39. The first-order valence-corrected chi connectivity index (χ1v) is 6.84. The first-order valence-electron chi connectivity index (χ1n) is 6.84. The molecule has 2 unspecified atom stereocenters. The third-order valence-electron chi connectivity index (χ3n) is 3.72. The van der Waals surface area contributed by atoms with Gasteiger partial charge in [0.15, 0.2) is 0 Å². The van der Waals surface area contributed by atoms with E-state index in [0.717, 1.165) is 32.0 Å². The highest BCUT2D eigenvalue weighted by atomic mass is 16.5. The lowest BCUT2D eigenvalue weighted by Crippen LogP contribution is -2.47. The first-order chi connectivity index (χ1) is 8.19. The lowest BCUT2D eigenvalue weighted by Gasteiger charge is -2.36. The molecular formula is C13H24N2O2. The van der Waals surface area contributed by atoms with E-state index in [0.29, 0.717) is 18.9 Å². The van der Waals surface area contributed by atoms with Gasteiger partial charge in [-0.3, -0.25) is 9.69 Å². The Hall–Kier alpha value is -0.610. The number of hydrogen-bond donors (Lipinski definition) is 1. The molecule has 1 aliphatic carbocycles. The van der Waals surface area contributed by atoms with Crippen LogP contribution in [0.2, 0.25) is 0 Å². The van der Waals surface area contributed by atoms with Crippen LogP contribution in [0.15, 0.2) is 0 Å². The van der Waals surface area contributed by atoms with Crippen LogP contribution in [0, 0.1) is 5.92 Å². The van der Waals surface area contributed by atoms with Crippen molar-refractivity contribution < 1.29 is 9.53 Å². The van der Waals surface area contributed by atoms with E-state index in [1.165, 1.54) is 12.8 Å². The van der Waals surface area contributed by atoms with E-state index < -0.39 is 0 Å². The molecule has 0 amide bonds. The van der Waals surface area contributed by atoms with Gasteiger partial charge in [0.25, 0.3) is 0 Å². The molecule has 0 aromatic carbocycles. The predicted octanol–water partition coefficient (Wildman–Crippen LogP) is 1.14. The van der Waals surface area contributed by atoms with Crippen LogP contribution in [-0.4, -0.2) is 42.6 Å². The molecule has 4 nitrogen and oxygen atoms in total. The van der Waals surface area contributed by atoms with Gasteiger partial charge >= 0.3 is 5.97 Å². The summed E-state index contributed by atoms with van der Waals surface area (Å²) in [4.78, 5) is 13.8. The van der Waals surface area contributed by atoms with Crippen molar-refractivity contribution in [2.45, 2.75) is 51.1 Å². The number of nitrogens with zero attached hydrogens (tertiary/aromatic N) is 1. The number of carbonyl (C=O) groups is 1. The molecule has 1 aliphatic heterocycles. The Morgan fingerprint density at radius 3 is 2.82 bits per heavy atom. The number of nitrogens with two attached hydrogens (primary N) is 1. The summed E-state index contributed by atoms with van der Waals surface area (Å²) in [5.41, 5.74) is 6.09. The molecule has 2 rings (SSSR count). The van der Waals surface area contributed by atoms with E-state index in [2.05, 4.69) is 4.90 Å². The Balaban J connectivity index is 1.73. The number of piperidine rings is 1. The van der Waals surface area contributed by atoms with Gasteiger partial charge in [0, 0.05) is 31.6 Å². The normalized spacial score (nSPS) is 30.2. The van der Waals surface area contributed by atoms with E-state index in [-0.39, 0.29) is 12.0 Å². The van der Waals surface area contributed by atoms with Gasteiger partial charge in [0.2, 0.25) is 0 Å². The second-order valence-corrected chi connectivity index (χ2v) is 5.39. The lowest BCUT2D eigenvalue weighted by atomic mass is 9.90. The van der Waals surface area contributed by atoms with E-state index in [1.807, 2.05) is 6.92 Å². The summed E-state index contributed by atoms with van der Waals surface area (Å²) in [7, 11) is 0. The van der Waals surface area contributed by atoms with Crippen LogP contribution in [0.3, 0.4) is 0 Å². The fourth-order valence-electron chi connectivity index (χ4n) is 2.79. The molecular weight excluding hydrogens is 216 g/mol. The number of ether oxygens (including phenoxy) is 1. The van der Waals surface area contributed by atoms with Crippen LogP contribution < -0.4 is 5.73 Å². The fourth-order valence-corrected chi connectivity index (χ4v) is 2.79. The van der Waals surface area contributed by atoms with Crippen LogP contribution in [0.1, 0.15) is 39.0 Å². The van der Waals surface area contributed by atoms with Gasteiger partial charge in [-0.05, 0) is 38.5 Å². The minimum atomic E-state index is -0.0652. The number of rotatable bonds is 5. The molecule has 0 spiro atoms. The highest BCUT2D eigenvalue weighted by Crippen LogP contribution is 2.31. The van der Waals surface area contributed by atoms with E-state index in [4.69, 9.17) is 10.5 Å². The van der Waals surface area contributed by atoms with Crippen LogP contribution in [0.4, 0.5) is 0 Å². The minimum Gasteiger partial charge on any atom is -0.466 e. The number of carbonyl (C=O) groups excluding carboxylic acids is 1. The van der Waals surface area contributed by atoms with Gasteiger partial charge in [-0.25, -0.2) is 0 Å². The third kappa shape index (κ3) is 3.96. The maximum Gasteiger partial charge on any atom is 0.305 e. The summed E-state index contributed by atoms with van der Waals surface area (Å²) in [5.74, 6) is 0.508.